The van der Waals surface area contributed by atoms with Crippen molar-refractivity contribution in [2.75, 3.05) is 6.54 Å². The molecule has 5 nitrogen and oxygen atoms in total. The minimum absolute atomic E-state index is 0.139. The van der Waals surface area contributed by atoms with Crippen molar-refractivity contribution in [1.29, 1.82) is 0 Å². The minimum Gasteiger partial charge on any atom is -0.328 e. The van der Waals surface area contributed by atoms with Gasteiger partial charge >= 0.3 is 0 Å². The largest absolute Gasteiger partial charge is 0.328 e. The summed E-state index contributed by atoms with van der Waals surface area (Å²) in [5, 5.41) is 3.89. The molecule has 0 amide bonds. The van der Waals surface area contributed by atoms with Gasteiger partial charge in [-0.1, -0.05) is 24.3 Å². The first-order valence-corrected chi connectivity index (χ1v) is 11.2. The average molecular weight is 421 g/mol. The van der Waals surface area contributed by atoms with E-state index in [2.05, 4.69) is 21.8 Å². The molecule has 1 saturated heterocycles. The highest BCUT2D eigenvalue weighted by molar-refractivity contribution is 7.12. The van der Waals surface area contributed by atoms with Crippen LogP contribution in [0.4, 0.5) is 4.39 Å². The van der Waals surface area contributed by atoms with E-state index >= 15 is 4.39 Å². The van der Waals surface area contributed by atoms with Gasteiger partial charge in [0.15, 0.2) is 0 Å². The summed E-state index contributed by atoms with van der Waals surface area (Å²) < 4.78 is 19.8. The van der Waals surface area contributed by atoms with Gasteiger partial charge in [-0.05, 0) is 67.0 Å². The van der Waals surface area contributed by atoms with Crippen molar-refractivity contribution in [3.63, 3.8) is 0 Å². The summed E-state index contributed by atoms with van der Waals surface area (Å²) in [6, 6.07) is 11.7. The summed E-state index contributed by atoms with van der Waals surface area (Å²) in [6.07, 6.45) is 4.28. The average Bonchev–Trinajstić information content (AvgIpc) is 3.28. The number of nitrogens with one attached hydrogen (secondary N) is 2. The number of fused-ring (bicyclic) bond motifs is 2. The van der Waals surface area contributed by atoms with Crippen molar-refractivity contribution in [3.8, 4) is 11.1 Å². The van der Waals surface area contributed by atoms with Gasteiger partial charge in [0, 0.05) is 23.0 Å². The molecule has 2 aliphatic rings. The molecule has 1 atom stereocenters. The topological polar surface area (TPSA) is 66.9 Å². The van der Waals surface area contributed by atoms with Gasteiger partial charge in [-0.2, -0.15) is 0 Å². The number of hydrogen-bond acceptors (Lipinski definition) is 4. The number of aromatic nitrogens is 2. The molecule has 1 aliphatic heterocycles. The van der Waals surface area contributed by atoms with Gasteiger partial charge in [0.25, 0.3) is 5.56 Å². The molecular weight excluding hydrogens is 401 g/mol. The van der Waals surface area contributed by atoms with Crippen LogP contribution in [0.1, 0.15) is 43.3 Å². The fraction of sp³-hybridized carbons (Fsp3) is 0.304. The van der Waals surface area contributed by atoms with E-state index in [1.165, 1.54) is 29.6 Å². The van der Waals surface area contributed by atoms with Gasteiger partial charge in [0.2, 0.25) is 5.43 Å². The molecule has 2 aromatic carbocycles. The van der Waals surface area contributed by atoms with Crippen LogP contribution >= 0.6 is 11.5 Å². The molecule has 2 aromatic heterocycles. The Balaban J connectivity index is 1.56. The molecule has 152 valence electrons. The van der Waals surface area contributed by atoms with Crippen LogP contribution in [0, 0.1) is 5.82 Å². The van der Waals surface area contributed by atoms with Crippen molar-refractivity contribution < 1.29 is 4.39 Å². The van der Waals surface area contributed by atoms with Crippen LogP contribution in [0.2, 0.25) is 0 Å². The molecule has 7 heteroatoms. The van der Waals surface area contributed by atoms with Gasteiger partial charge in [0.05, 0.1) is 5.52 Å². The summed E-state index contributed by atoms with van der Waals surface area (Å²) >= 11 is 1.18. The maximum atomic E-state index is 15.1. The zero-order valence-electron chi connectivity index (χ0n) is 16.2. The molecule has 0 spiro atoms. The maximum Gasteiger partial charge on any atom is 0.271 e. The third-order valence-corrected chi connectivity index (χ3v) is 7.19. The van der Waals surface area contributed by atoms with Crippen LogP contribution in [-0.4, -0.2) is 15.5 Å². The van der Waals surface area contributed by atoms with Crippen molar-refractivity contribution in [2.24, 2.45) is 0 Å². The number of H-pyrrole nitrogens is 1. The molecule has 3 heterocycles. The summed E-state index contributed by atoms with van der Waals surface area (Å²) in [5.74, 6) is -0.445. The number of halogens is 1. The molecule has 6 rings (SSSR count). The zero-order chi connectivity index (χ0) is 20.4. The Kier molecular flexibility index (Phi) is 3.98. The molecule has 1 aliphatic carbocycles. The molecule has 1 saturated carbocycles. The predicted octanol–water partition coefficient (Wildman–Crippen LogP) is 4.47. The van der Waals surface area contributed by atoms with Gasteiger partial charge in [-0.15, -0.1) is 0 Å². The van der Waals surface area contributed by atoms with Crippen LogP contribution in [0.15, 0.2) is 46.0 Å². The van der Waals surface area contributed by atoms with E-state index in [1.807, 2.05) is 16.7 Å². The summed E-state index contributed by atoms with van der Waals surface area (Å²) in [5.41, 5.74) is 2.39. The predicted molar refractivity (Wildman–Crippen MR) is 118 cm³/mol. The van der Waals surface area contributed by atoms with E-state index in [9.17, 15) is 9.59 Å². The zero-order valence-corrected chi connectivity index (χ0v) is 17.0. The normalized spacial score (nSPS) is 19.2. The van der Waals surface area contributed by atoms with E-state index in [1.54, 1.807) is 6.07 Å². The Morgan fingerprint density at radius 2 is 1.87 bits per heavy atom. The number of hydrogen-bond donors (Lipinski definition) is 2. The Labute approximate surface area is 175 Å². The quantitative estimate of drug-likeness (QED) is 0.513. The Morgan fingerprint density at radius 1 is 1.07 bits per heavy atom. The monoisotopic (exact) mass is 421 g/mol. The molecule has 0 radical (unpaired) electrons. The van der Waals surface area contributed by atoms with Crippen molar-refractivity contribution >= 4 is 32.7 Å². The third-order valence-electron chi connectivity index (χ3n) is 6.31. The number of aromatic amines is 1. The van der Waals surface area contributed by atoms with Crippen LogP contribution in [0.3, 0.4) is 0 Å². The fourth-order valence-electron chi connectivity index (χ4n) is 4.63. The minimum atomic E-state index is -0.445. The number of nitrogens with zero attached hydrogens (tertiary/aromatic N) is 1. The van der Waals surface area contributed by atoms with Gasteiger partial charge in [0.1, 0.15) is 16.0 Å². The van der Waals surface area contributed by atoms with E-state index in [4.69, 9.17) is 0 Å². The summed E-state index contributed by atoms with van der Waals surface area (Å²) in [7, 11) is 0. The van der Waals surface area contributed by atoms with Crippen molar-refractivity contribution in [2.45, 2.75) is 37.8 Å². The number of pyridine rings is 1. The van der Waals surface area contributed by atoms with Gasteiger partial charge in [-0.3, -0.25) is 14.0 Å². The van der Waals surface area contributed by atoms with Crippen LogP contribution in [0.25, 0.3) is 32.2 Å². The molecule has 2 N–H and O–H groups in total. The molecule has 0 bridgehead atoms. The molecule has 30 heavy (non-hydrogen) atoms. The van der Waals surface area contributed by atoms with Gasteiger partial charge < -0.3 is 9.88 Å². The maximum absolute atomic E-state index is 15.1. The van der Waals surface area contributed by atoms with E-state index in [0.717, 1.165) is 31.4 Å². The SMILES string of the molecule is O=c1[nH]sc2c1c(=O)c1cc(F)c(-c3ccc(C4CCCN4)cc3)cc1n2C1CC1. The first-order chi connectivity index (χ1) is 14.6. The highest BCUT2D eigenvalue weighted by Crippen LogP contribution is 2.41. The third kappa shape index (κ3) is 2.69. The first kappa shape index (κ1) is 18.0. The lowest BCUT2D eigenvalue weighted by molar-refractivity contribution is 0.632. The highest BCUT2D eigenvalue weighted by atomic mass is 32.1. The summed E-state index contributed by atoms with van der Waals surface area (Å²) in [6.45, 7) is 1.03. The van der Waals surface area contributed by atoms with E-state index < -0.39 is 16.8 Å². The van der Waals surface area contributed by atoms with Crippen molar-refractivity contribution in [1.82, 2.24) is 14.3 Å². The molecular formula is C23H20FN3O2S. The Morgan fingerprint density at radius 3 is 2.57 bits per heavy atom. The van der Waals surface area contributed by atoms with Crippen molar-refractivity contribution in [3.05, 3.63) is 68.4 Å². The van der Waals surface area contributed by atoms with E-state index in [0.29, 0.717) is 22.0 Å². The lowest BCUT2D eigenvalue weighted by atomic mass is 9.98. The lowest BCUT2D eigenvalue weighted by Crippen LogP contribution is -2.15. The van der Waals surface area contributed by atoms with Crippen LogP contribution in [0.5, 0.6) is 0 Å². The smallest absolute Gasteiger partial charge is 0.271 e. The highest BCUT2D eigenvalue weighted by Gasteiger charge is 2.29. The fourth-order valence-corrected chi connectivity index (χ4v) is 5.56. The second-order valence-electron chi connectivity index (χ2n) is 8.26. The Hall–Kier alpha value is -2.77. The number of benzene rings is 2. The first-order valence-electron chi connectivity index (χ1n) is 10.3. The second kappa shape index (κ2) is 6.62. The second-order valence-corrected chi connectivity index (χ2v) is 9.06. The van der Waals surface area contributed by atoms with E-state index in [-0.39, 0.29) is 16.8 Å². The standard InChI is InChI=1S/C23H20FN3O2S/c24-17-10-16-19(27(14-7-8-14)23-20(21(16)28)22(29)26-30-23)11-15(17)12-3-5-13(6-4-12)18-2-1-9-25-18/h3-6,10-11,14,18,25H,1-2,7-9H2,(H,26,29). The lowest BCUT2D eigenvalue weighted by Gasteiger charge is -2.14. The van der Waals surface area contributed by atoms with Crippen LogP contribution in [-0.2, 0) is 0 Å². The molecule has 2 fully saturated rings. The molecule has 1 unspecified atom stereocenters. The Bertz CT molecular complexity index is 1410. The number of rotatable bonds is 3. The molecule has 4 aromatic rings. The van der Waals surface area contributed by atoms with Crippen LogP contribution < -0.4 is 16.3 Å². The summed E-state index contributed by atoms with van der Waals surface area (Å²) in [4.78, 5) is 25.8. The van der Waals surface area contributed by atoms with Gasteiger partial charge in [-0.25, -0.2) is 4.39 Å².